The monoisotopic (exact) mass is 218 g/mol. The molecule has 0 aliphatic heterocycles. The van der Waals surface area contributed by atoms with Crippen LogP contribution in [0.5, 0.6) is 0 Å². The fourth-order valence-corrected chi connectivity index (χ4v) is 2.91. The van der Waals surface area contributed by atoms with Crippen LogP contribution in [-0.4, -0.2) is 27.0 Å². The van der Waals surface area contributed by atoms with Crippen molar-refractivity contribution in [2.45, 2.75) is 25.7 Å². The normalized spacial score (nSPS) is 13.6. The molecule has 0 saturated heterocycles. The second-order valence-electron chi connectivity index (χ2n) is 3.31. The first-order chi connectivity index (χ1) is 6.39. The molecule has 0 fully saturated rings. The third kappa shape index (κ3) is 6.77. The summed E-state index contributed by atoms with van der Waals surface area (Å²) in [7, 11) is -4.54. The zero-order valence-corrected chi connectivity index (χ0v) is 8.82. The van der Waals surface area contributed by atoms with Gasteiger partial charge in [-0.3, -0.25) is 0 Å². The van der Waals surface area contributed by atoms with E-state index in [0.29, 0.717) is 0 Å². The molecule has 0 aliphatic rings. The Morgan fingerprint density at radius 1 is 0.857 bits per heavy atom. The van der Waals surface area contributed by atoms with Crippen LogP contribution >= 0.6 is 7.28 Å². The van der Waals surface area contributed by atoms with E-state index < -0.39 is 7.28 Å². The van der Waals surface area contributed by atoms with Gasteiger partial charge in [-0.2, -0.15) is 0 Å². The third-order valence-corrected chi connectivity index (χ3v) is 4.27. The van der Waals surface area contributed by atoms with Crippen molar-refractivity contribution in [3.8, 4) is 12.1 Å². The minimum absolute atomic E-state index is 0.148. The second kappa shape index (κ2) is 5.24. The van der Waals surface area contributed by atoms with Gasteiger partial charge in [-0.25, -0.2) is 0 Å². The summed E-state index contributed by atoms with van der Waals surface area (Å²) >= 11 is 0. The minimum atomic E-state index is -4.54. The average molecular weight is 218 g/mol. The van der Waals surface area contributed by atoms with Gasteiger partial charge in [0.2, 0.25) is 0 Å². The van der Waals surface area contributed by atoms with Crippen molar-refractivity contribution in [1.82, 2.24) is 0 Å². The van der Waals surface area contributed by atoms with E-state index in [1.165, 1.54) is 0 Å². The molecular formula is C8H15N2O3P. The molecule has 0 atom stereocenters. The van der Waals surface area contributed by atoms with Crippen molar-refractivity contribution in [1.29, 1.82) is 10.5 Å². The van der Waals surface area contributed by atoms with Crippen molar-refractivity contribution in [2.75, 3.05) is 12.3 Å². The number of hydrogen-bond donors (Lipinski definition) is 3. The number of unbranched alkanes of at least 4 members (excludes halogenated alkanes) is 2. The van der Waals surface area contributed by atoms with Gasteiger partial charge in [0.05, 0.1) is 0 Å². The zero-order chi connectivity index (χ0) is 11.1. The Kier molecular flexibility index (Phi) is 4.97. The number of rotatable bonds is 6. The summed E-state index contributed by atoms with van der Waals surface area (Å²) in [4.78, 5) is 28.4. The fraction of sp³-hybridized carbons (Fsp3) is 0.750. The Morgan fingerprint density at radius 3 is 1.50 bits per heavy atom. The standard InChI is InChI=1S/C8H15N2O3P/c9-5-1-3-7-14(11,12,13)8-4-2-6-10/h11-13H,1-4,7-8H2. The summed E-state index contributed by atoms with van der Waals surface area (Å²) in [6.45, 7) is 0. The van der Waals surface area contributed by atoms with Gasteiger partial charge in [-0.15, -0.1) is 0 Å². The number of nitriles is 2. The molecule has 0 rings (SSSR count). The summed E-state index contributed by atoms with van der Waals surface area (Å²) in [6.07, 6.45) is 0.625. The first kappa shape index (κ1) is 13.3. The summed E-state index contributed by atoms with van der Waals surface area (Å²) in [5, 5.41) is 16.5. The Labute approximate surface area is 83.4 Å². The second-order valence-corrected chi connectivity index (χ2v) is 6.89. The SMILES string of the molecule is N#CCCCP(O)(O)(O)CCCC#N. The van der Waals surface area contributed by atoms with Crippen LogP contribution in [0, 0.1) is 22.7 Å². The van der Waals surface area contributed by atoms with Gasteiger partial charge in [0.25, 0.3) is 0 Å². The van der Waals surface area contributed by atoms with Crippen molar-refractivity contribution < 1.29 is 14.7 Å². The topological polar surface area (TPSA) is 108 Å². The van der Waals surface area contributed by atoms with Crippen LogP contribution < -0.4 is 0 Å². The third-order valence-electron chi connectivity index (χ3n) is 1.81. The zero-order valence-electron chi connectivity index (χ0n) is 7.93. The van der Waals surface area contributed by atoms with Crippen LogP contribution in [0.3, 0.4) is 0 Å². The molecule has 14 heavy (non-hydrogen) atoms. The molecule has 0 heterocycles. The molecule has 0 unspecified atom stereocenters. The van der Waals surface area contributed by atoms with Crippen molar-refractivity contribution in [2.24, 2.45) is 0 Å². The molecule has 80 valence electrons. The molecule has 0 aliphatic carbocycles. The molecular weight excluding hydrogens is 203 g/mol. The molecule has 0 amide bonds. The van der Waals surface area contributed by atoms with Gasteiger partial charge in [-0.1, -0.05) is 0 Å². The van der Waals surface area contributed by atoms with Crippen molar-refractivity contribution in [3.05, 3.63) is 0 Å². The molecule has 5 nitrogen and oxygen atoms in total. The maximum atomic E-state index is 9.46. The van der Waals surface area contributed by atoms with E-state index in [-0.39, 0.29) is 38.0 Å². The van der Waals surface area contributed by atoms with Crippen molar-refractivity contribution in [3.63, 3.8) is 0 Å². The van der Waals surface area contributed by atoms with Gasteiger partial charge >= 0.3 is 82.6 Å². The Morgan fingerprint density at radius 2 is 1.21 bits per heavy atom. The van der Waals surface area contributed by atoms with Crippen LogP contribution in [-0.2, 0) is 0 Å². The Hall–Kier alpha value is -0.710. The van der Waals surface area contributed by atoms with E-state index in [2.05, 4.69) is 0 Å². The maximum absolute atomic E-state index is 9.46. The first-order valence-corrected chi connectivity index (χ1v) is 6.85. The average Bonchev–Trinajstić information content (AvgIpc) is 2.04. The number of hydrogen-bond acceptors (Lipinski definition) is 5. The predicted molar refractivity (Wildman–Crippen MR) is 53.0 cm³/mol. The van der Waals surface area contributed by atoms with Crippen molar-refractivity contribution >= 4 is 7.28 Å². The van der Waals surface area contributed by atoms with E-state index in [9.17, 15) is 14.7 Å². The predicted octanol–water partition coefficient (Wildman–Crippen LogP) is 0.869. The molecule has 0 saturated carbocycles. The van der Waals surface area contributed by atoms with Crippen LogP contribution in [0.4, 0.5) is 0 Å². The van der Waals surface area contributed by atoms with Gasteiger partial charge in [0.15, 0.2) is 0 Å². The van der Waals surface area contributed by atoms with Crippen LogP contribution in [0.15, 0.2) is 0 Å². The van der Waals surface area contributed by atoms with Gasteiger partial charge < -0.3 is 0 Å². The molecule has 3 N–H and O–H groups in total. The molecule has 0 bridgehead atoms. The molecule has 0 radical (unpaired) electrons. The van der Waals surface area contributed by atoms with Crippen LogP contribution in [0.25, 0.3) is 0 Å². The fourth-order valence-electron chi connectivity index (χ4n) is 1.08. The van der Waals surface area contributed by atoms with E-state index in [1.807, 2.05) is 12.1 Å². The Bertz CT molecular complexity index is 234. The van der Waals surface area contributed by atoms with Gasteiger partial charge in [0.1, 0.15) is 0 Å². The molecule has 0 spiro atoms. The van der Waals surface area contributed by atoms with E-state index in [0.717, 1.165) is 0 Å². The van der Waals surface area contributed by atoms with Crippen LogP contribution in [0.1, 0.15) is 25.7 Å². The van der Waals surface area contributed by atoms with E-state index in [4.69, 9.17) is 10.5 Å². The molecule has 0 aromatic carbocycles. The quantitative estimate of drug-likeness (QED) is 0.452. The summed E-state index contributed by atoms with van der Waals surface area (Å²) in [5.41, 5.74) is 0. The summed E-state index contributed by atoms with van der Waals surface area (Å²) in [6, 6.07) is 3.72. The van der Waals surface area contributed by atoms with E-state index in [1.54, 1.807) is 0 Å². The Balaban J connectivity index is 3.97. The summed E-state index contributed by atoms with van der Waals surface area (Å²) in [5.74, 6) is 0. The molecule has 0 aromatic rings. The number of nitrogens with zero attached hydrogens (tertiary/aromatic N) is 2. The first-order valence-electron chi connectivity index (χ1n) is 4.39. The molecule has 0 aromatic heterocycles. The molecule has 6 heteroatoms. The van der Waals surface area contributed by atoms with E-state index >= 15 is 0 Å². The summed E-state index contributed by atoms with van der Waals surface area (Å²) < 4.78 is 0. The van der Waals surface area contributed by atoms with Gasteiger partial charge in [0, 0.05) is 0 Å². The van der Waals surface area contributed by atoms with Gasteiger partial charge in [-0.05, 0) is 0 Å². The van der Waals surface area contributed by atoms with Crippen LogP contribution in [0.2, 0.25) is 0 Å².